The first-order valence-corrected chi connectivity index (χ1v) is 21.3. The molecule has 3 aromatic carbocycles. The van der Waals surface area contributed by atoms with Crippen LogP contribution in [-0.4, -0.2) is 5.03 Å². The van der Waals surface area contributed by atoms with Gasteiger partial charge < -0.3 is 0 Å². The maximum Gasteiger partial charge on any atom is 0.0325 e. The summed E-state index contributed by atoms with van der Waals surface area (Å²) < 4.78 is 0. The molecule has 0 aliphatic rings. The zero-order valence-corrected chi connectivity index (χ0v) is 35.8. The van der Waals surface area contributed by atoms with Gasteiger partial charge in [-0.3, -0.25) is 0 Å². The van der Waals surface area contributed by atoms with Gasteiger partial charge in [-0.15, -0.1) is 0 Å². The van der Waals surface area contributed by atoms with Gasteiger partial charge in [0, 0.05) is 17.0 Å². The lowest BCUT2D eigenvalue weighted by atomic mass is 9.75. The summed E-state index contributed by atoms with van der Waals surface area (Å²) in [6.07, 6.45) is 0. The van der Waals surface area contributed by atoms with Gasteiger partial charge in [-0.25, -0.2) is 0 Å². The van der Waals surface area contributed by atoms with Gasteiger partial charge >= 0.3 is 0 Å². The summed E-state index contributed by atoms with van der Waals surface area (Å²) in [5.41, 5.74) is 10.1. The van der Waals surface area contributed by atoms with Crippen molar-refractivity contribution in [2.75, 3.05) is 0 Å². The van der Waals surface area contributed by atoms with Gasteiger partial charge in [0.15, 0.2) is 0 Å². The molecule has 0 radical (unpaired) electrons. The minimum absolute atomic E-state index is 0.00194. The molecule has 1 unspecified atom stereocenters. The van der Waals surface area contributed by atoms with Crippen molar-refractivity contribution in [2.24, 2.45) is 0 Å². The molecule has 3 rings (SSSR count). The van der Waals surface area contributed by atoms with Crippen molar-refractivity contribution in [1.29, 1.82) is 0 Å². The zero-order chi connectivity index (χ0) is 35.4. The third-order valence-corrected chi connectivity index (χ3v) is 15.3. The van der Waals surface area contributed by atoms with E-state index in [9.17, 15) is 0 Å². The highest BCUT2D eigenvalue weighted by molar-refractivity contribution is 9.42. The first kappa shape index (κ1) is 39.2. The third kappa shape index (κ3) is 9.04. The van der Waals surface area contributed by atoms with Gasteiger partial charge in [-0.1, -0.05) is 187 Å². The van der Waals surface area contributed by atoms with Gasteiger partial charge in [-0.2, -0.15) is 0 Å². The predicted octanol–water partition coefficient (Wildman–Crippen LogP) is 13.3. The van der Waals surface area contributed by atoms with E-state index in [0.717, 1.165) is 0 Å². The second-order valence-electron chi connectivity index (χ2n) is 19.4. The van der Waals surface area contributed by atoms with Crippen molar-refractivity contribution in [3.05, 3.63) is 93.5 Å². The van der Waals surface area contributed by atoms with Crippen LogP contribution in [-0.2, 0) is 32.5 Å². The quantitative estimate of drug-likeness (QED) is 0.235. The average Bonchev–Trinajstić information content (AvgIpc) is 2.87. The Balaban J connectivity index is 2.61. The number of hydrogen-bond donors (Lipinski definition) is 0. The molecule has 46 heavy (non-hydrogen) atoms. The fourth-order valence-electron chi connectivity index (χ4n) is 5.77. The van der Waals surface area contributed by atoms with E-state index < -0.39 is 6.62 Å². The van der Waals surface area contributed by atoms with Gasteiger partial charge in [0.1, 0.15) is 0 Å². The van der Waals surface area contributed by atoms with Crippen molar-refractivity contribution in [1.82, 2.24) is 0 Å². The summed E-state index contributed by atoms with van der Waals surface area (Å²) in [5, 5.41) is 4.43. The van der Waals surface area contributed by atoms with E-state index >= 15 is 0 Å². The van der Waals surface area contributed by atoms with Gasteiger partial charge in [0.25, 0.3) is 0 Å². The predicted molar refractivity (Wildman–Crippen MR) is 218 cm³/mol. The molecule has 1 atom stereocenters. The van der Waals surface area contributed by atoms with Gasteiger partial charge in [-0.05, 0) is 92.2 Å². The van der Waals surface area contributed by atoms with Crippen LogP contribution in [0.15, 0.2) is 54.6 Å². The van der Waals surface area contributed by atoms with E-state index in [1.807, 2.05) is 0 Å². The van der Waals surface area contributed by atoms with Crippen LogP contribution >= 0.6 is 30.3 Å². The largest absolute Gasteiger partial charge is 0.0622 e. The first-order valence-electron chi connectivity index (χ1n) is 17.0. The van der Waals surface area contributed by atoms with Crippen molar-refractivity contribution in [3.63, 3.8) is 0 Å². The molecule has 0 nitrogen and oxygen atoms in total. The molecule has 0 N–H and O–H groups in total. The molecule has 3 heteroatoms. The van der Waals surface area contributed by atoms with Crippen LogP contribution < -0.4 is 10.6 Å². The van der Waals surface area contributed by atoms with E-state index in [1.54, 1.807) is 0 Å². The van der Waals surface area contributed by atoms with E-state index in [-0.39, 0.29) is 32.5 Å². The fraction of sp³-hybridized carbons (Fsp3) is 0.558. The lowest BCUT2D eigenvalue weighted by Gasteiger charge is -2.36. The fourth-order valence-corrected chi connectivity index (χ4v) is 12.5. The molecule has 0 saturated heterocycles. The highest BCUT2D eigenvalue weighted by Gasteiger charge is 2.35. The minimum atomic E-state index is -0.867. The lowest BCUT2D eigenvalue weighted by Crippen LogP contribution is -2.32. The Hall–Kier alpha value is -1.26. The normalized spacial score (nSPS) is 14.9. The van der Waals surface area contributed by atoms with Crippen LogP contribution in [0.25, 0.3) is 0 Å². The summed E-state index contributed by atoms with van der Waals surface area (Å²) in [5.74, 6) is 0. The molecule has 3 aromatic rings. The van der Waals surface area contributed by atoms with E-state index in [4.69, 9.17) is 0 Å². The maximum atomic E-state index is 4.53. The maximum absolute atomic E-state index is 4.53. The average molecular weight is 722 g/mol. The van der Waals surface area contributed by atoms with E-state index in [1.165, 1.54) is 62.8 Å². The number of hydrogen-bond acceptors (Lipinski definition) is 0. The molecule has 0 aliphatic heterocycles. The first-order chi connectivity index (χ1) is 20.5. The Morgan fingerprint density at radius 3 is 1.11 bits per heavy atom. The summed E-state index contributed by atoms with van der Waals surface area (Å²) in [7, 11) is 1.28. The lowest BCUT2D eigenvalue weighted by molar-refractivity contribution is 0.553. The zero-order valence-electron chi connectivity index (χ0n) is 32.5. The standard InChI is InChI=1S/C43H63BrP2/c1-38(2,3)29-24-31(40(7,8)9)35(32(25-29)41(10,11)12)45-37(28-22-20-19-21-23-28)46(44)36-33(42(13,14)15)26-30(39(4,5)6)27-34(36)43(16,17)18/h19-27H,1-18H3. The molecular formula is C43H63BrP2. The van der Waals surface area contributed by atoms with Crippen molar-refractivity contribution < 1.29 is 0 Å². The van der Waals surface area contributed by atoms with Gasteiger partial charge in [0.05, 0.1) is 0 Å². The van der Waals surface area contributed by atoms with E-state index in [0.29, 0.717) is 0 Å². The van der Waals surface area contributed by atoms with Crippen LogP contribution in [0.4, 0.5) is 0 Å². The Labute approximate surface area is 295 Å². The Bertz CT molecular complexity index is 1500. The summed E-state index contributed by atoms with van der Waals surface area (Å²) >= 11 is 4.53. The number of rotatable bonds is 4. The third-order valence-electron chi connectivity index (χ3n) is 8.82. The molecular weight excluding hydrogens is 658 g/mol. The molecule has 0 aliphatic carbocycles. The Kier molecular flexibility index (Phi) is 11.3. The summed E-state index contributed by atoms with van der Waals surface area (Å²) in [6.45, 7) is 41.9. The van der Waals surface area contributed by atoms with Crippen LogP contribution in [0, 0.1) is 0 Å². The molecule has 252 valence electrons. The molecule has 0 aromatic heterocycles. The highest BCUT2D eigenvalue weighted by Crippen LogP contribution is 2.54. The van der Waals surface area contributed by atoms with Crippen molar-refractivity contribution in [3.8, 4) is 0 Å². The monoisotopic (exact) mass is 720 g/mol. The van der Waals surface area contributed by atoms with Crippen LogP contribution in [0.3, 0.4) is 0 Å². The van der Waals surface area contributed by atoms with Crippen LogP contribution in [0.5, 0.6) is 0 Å². The molecule has 0 heterocycles. The second kappa shape index (κ2) is 13.2. The highest BCUT2D eigenvalue weighted by atomic mass is 79.9. The number of benzene rings is 3. The molecule has 0 amide bonds. The van der Waals surface area contributed by atoms with Crippen molar-refractivity contribution in [2.45, 2.75) is 157 Å². The van der Waals surface area contributed by atoms with Crippen LogP contribution in [0.2, 0.25) is 0 Å². The Morgan fingerprint density at radius 1 is 0.478 bits per heavy atom. The molecule has 0 fully saturated rings. The smallest absolute Gasteiger partial charge is 0.0325 e. The summed E-state index contributed by atoms with van der Waals surface area (Å²) in [4.78, 5) is 0. The minimum Gasteiger partial charge on any atom is -0.0622 e. The summed E-state index contributed by atoms with van der Waals surface area (Å²) in [6, 6.07) is 21.3. The second-order valence-corrected chi connectivity index (χ2v) is 24.5. The van der Waals surface area contributed by atoms with E-state index in [2.05, 4.69) is 195 Å². The molecule has 0 bridgehead atoms. The molecule has 0 saturated carbocycles. The van der Waals surface area contributed by atoms with Gasteiger partial charge in [0.2, 0.25) is 0 Å². The van der Waals surface area contributed by atoms with Crippen LogP contribution in [0.1, 0.15) is 164 Å². The Morgan fingerprint density at radius 2 is 0.804 bits per heavy atom. The number of halogens is 1. The topological polar surface area (TPSA) is 0 Å². The molecule has 0 spiro atoms. The van der Waals surface area contributed by atoms with Crippen molar-refractivity contribution >= 4 is 46.0 Å². The SMILES string of the molecule is CC(C)(C)c1cc(C(C)(C)C)c(P=C(c2ccccc2)P(Br)c2c(C(C)(C)C)cc(C(C)(C)C)cc2C(C)(C)C)c(C(C)(C)C)c1.